The first-order valence-electron chi connectivity index (χ1n) is 5.65. The van der Waals surface area contributed by atoms with Gasteiger partial charge in [-0.05, 0) is 37.1 Å². The Labute approximate surface area is 97.4 Å². The predicted molar refractivity (Wildman–Crippen MR) is 67.9 cm³/mol. The van der Waals surface area contributed by atoms with Crippen LogP contribution in [-0.2, 0) is 0 Å². The Bertz CT molecular complexity index is 380. The van der Waals surface area contributed by atoms with Gasteiger partial charge in [0.15, 0.2) is 0 Å². The maximum atomic E-state index is 12.9. The number of hydrogen-bond acceptors (Lipinski definition) is 1. The highest BCUT2D eigenvalue weighted by Crippen LogP contribution is 2.13. The van der Waals surface area contributed by atoms with Crippen LogP contribution in [0.3, 0.4) is 0 Å². The Hall–Kier alpha value is -1.15. The number of nitrogens with one attached hydrogen (secondary N) is 1. The quantitative estimate of drug-likeness (QED) is 0.820. The first-order valence-corrected chi connectivity index (χ1v) is 5.65. The van der Waals surface area contributed by atoms with E-state index in [-0.39, 0.29) is 5.82 Å². The number of rotatable bonds is 4. The normalized spacial score (nSPS) is 12.2. The zero-order valence-corrected chi connectivity index (χ0v) is 10.5. The van der Waals surface area contributed by atoms with Gasteiger partial charge in [-0.2, -0.15) is 0 Å². The zero-order valence-electron chi connectivity index (χ0n) is 10.5. The lowest BCUT2D eigenvalue weighted by atomic mass is 10.1. The smallest absolute Gasteiger partial charge is 0.123 e. The minimum Gasteiger partial charge on any atom is -0.311 e. The van der Waals surface area contributed by atoms with Gasteiger partial charge in [0.1, 0.15) is 5.82 Å². The van der Waals surface area contributed by atoms with Crippen molar-refractivity contribution in [3.63, 3.8) is 0 Å². The molecule has 1 aromatic rings. The summed E-state index contributed by atoms with van der Waals surface area (Å²) in [6, 6.07) is 5.37. The van der Waals surface area contributed by atoms with Crippen LogP contribution in [-0.4, -0.2) is 12.6 Å². The number of benzene rings is 1. The van der Waals surface area contributed by atoms with Crippen molar-refractivity contribution in [2.24, 2.45) is 0 Å². The lowest BCUT2D eigenvalue weighted by Crippen LogP contribution is -2.24. The van der Waals surface area contributed by atoms with E-state index in [4.69, 9.17) is 0 Å². The Balaban J connectivity index is 2.74. The average Bonchev–Trinajstić information content (AvgIpc) is 2.19. The molecule has 0 saturated heterocycles. The van der Waals surface area contributed by atoms with E-state index in [2.05, 4.69) is 32.2 Å². The molecule has 0 aliphatic heterocycles. The molecule has 0 bridgehead atoms. The van der Waals surface area contributed by atoms with E-state index in [1.807, 2.05) is 13.0 Å². The van der Waals surface area contributed by atoms with Crippen molar-refractivity contribution in [1.29, 1.82) is 0 Å². The van der Waals surface area contributed by atoms with Gasteiger partial charge in [-0.25, -0.2) is 4.39 Å². The Morgan fingerprint density at radius 1 is 1.44 bits per heavy atom. The highest BCUT2D eigenvalue weighted by molar-refractivity contribution is 5.56. The molecule has 0 atom stereocenters. The molecule has 0 heterocycles. The van der Waals surface area contributed by atoms with Gasteiger partial charge in [0, 0.05) is 12.6 Å². The molecule has 0 unspecified atom stereocenters. The molecule has 0 aromatic heterocycles. The second-order valence-electron chi connectivity index (χ2n) is 4.53. The molecular weight excluding hydrogens is 201 g/mol. The summed E-state index contributed by atoms with van der Waals surface area (Å²) < 4.78 is 12.9. The van der Waals surface area contributed by atoms with E-state index >= 15 is 0 Å². The number of aryl methyl sites for hydroxylation is 1. The molecule has 16 heavy (non-hydrogen) atoms. The summed E-state index contributed by atoms with van der Waals surface area (Å²) in [6.45, 7) is 9.12. The molecular formula is C14H20FN. The summed E-state index contributed by atoms with van der Waals surface area (Å²) in [5.74, 6) is -0.174. The van der Waals surface area contributed by atoms with Crippen molar-refractivity contribution >= 4 is 6.08 Å². The van der Waals surface area contributed by atoms with Crippen LogP contribution in [0.5, 0.6) is 0 Å². The largest absolute Gasteiger partial charge is 0.311 e. The first-order chi connectivity index (χ1) is 7.49. The summed E-state index contributed by atoms with van der Waals surface area (Å²) in [6.07, 6.45) is 2.10. The van der Waals surface area contributed by atoms with Crippen LogP contribution in [0.1, 0.15) is 31.9 Å². The Kier molecular flexibility index (Phi) is 4.69. The molecule has 0 fully saturated rings. The van der Waals surface area contributed by atoms with E-state index in [9.17, 15) is 4.39 Å². The summed E-state index contributed by atoms with van der Waals surface area (Å²) in [7, 11) is 0. The van der Waals surface area contributed by atoms with Gasteiger partial charge < -0.3 is 5.32 Å². The van der Waals surface area contributed by atoms with Gasteiger partial charge in [0.2, 0.25) is 0 Å². The Morgan fingerprint density at radius 2 is 2.12 bits per heavy atom. The number of halogens is 1. The molecule has 1 rings (SSSR count). The van der Waals surface area contributed by atoms with Crippen LogP contribution in [0, 0.1) is 12.7 Å². The molecule has 1 nitrogen and oxygen atoms in total. The maximum absolute atomic E-state index is 12.9. The first kappa shape index (κ1) is 12.9. The van der Waals surface area contributed by atoms with Crippen LogP contribution >= 0.6 is 0 Å². The predicted octanol–water partition coefficient (Wildman–Crippen LogP) is 3.54. The summed E-state index contributed by atoms with van der Waals surface area (Å²) in [4.78, 5) is 0. The fourth-order valence-corrected chi connectivity index (χ4v) is 1.48. The van der Waals surface area contributed by atoms with E-state index in [0.717, 1.165) is 17.7 Å². The minimum absolute atomic E-state index is 0.174. The van der Waals surface area contributed by atoms with Gasteiger partial charge in [0.25, 0.3) is 0 Å². The van der Waals surface area contributed by atoms with Crippen LogP contribution < -0.4 is 5.32 Å². The third-order valence-electron chi connectivity index (χ3n) is 2.42. The van der Waals surface area contributed by atoms with E-state index in [0.29, 0.717) is 6.04 Å². The highest BCUT2D eigenvalue weighted by Gasteiger charge is 1.99. The second-order valence-corrected chi connectivity index (χ2v) is 4.53. The minimum atomic E-state index is -0.174. The van der Waals surface area contributed by atoms with E-state index in [1.54, 1.807) is 6.07 Å². The highest BCUT2D eigenvalue weighted by atomic mass is 19.1. The van der Waals surface area contributed by atoms with E-state index < -0.39 is 0 Å². The molecule has 0 radical (unpaired) electrons. The van der Waals surface area contributed by atoms with Gasteiger partial charge in [-0.1, -0.05) is 31.6 Å². The monoisotopic (exact) mass is 221 g/mol. The topological polar surface area (TPSA) is 12.0 Å². The maximum Gasteiger partial charge on any atom is 0.123 e. The average molecular weight is 221 g/mol. The lowest BCUT2D eigenvalue weighted by Gasteiger charge is -2.09. The molecule has 1 aromatic carbocycles. The van der Waals surface area contributed by atoms with Gasteiger partial charge in [-0.15, -0.1) is 0 Å². The van der Waals surface area contributed by atoms with Crippen LogP contribution in [0.15, 0.2) is 23.8 Å². The fraction of sp³-hybridized carbons (Fsp3) is 0.429. The zero-order chi connectivity index (χ0) is 12.1. The van der Waals surface area contributed by atoms with Crippen molar-refractivity contribution in [3.8, 4) is 0 Å². The van der Waals surface area contributed by atoms with Gasteiger partial charge >= 0.3 is 0 Å². The van der Waals surface area contributed by atoms with Gasteiger partial charge in [0.05, 0.1) is 0 Å². The third-order valence-corrected chi connectivity index (χ3v) is 2.42. The van der Waals surface area contributed by atoms with Crippen molar-refractivity contribution < 1.29 is 4.39 Å². The van der Waals surface area contributed by atoms with Crippen molar-refractivity contribution in [3.05, 3.63) is 40.7 Å². The molecule has 0 saturated carbocycles. The third kappa shape index (κ3) is 4.15. The Morgan fingerprint density at radius 3 is 2.69 bits per heavy atom. The summed E-state index contributed by atoms with van der Waals surface area (Å²) >= 11 is 0. The summed E-state index contributed by atoms with van der Waals surface area (Å²) in [5, 5.41) is 3.35. The lowest BCUT2D eigenvalue weighted by molar-refractivity contribution is 0.622. The molecule has 0 aliphatic rings. The van der Waals surface area contributed by atoms with Crippen LogP contribution in [0.2, 0.25) is 0 Å². The molecule has 2 heteroatoms. The molecule has 0 aliphatic carbocycles. The number of hydrogen-bond donors (Lipinski definition) is 1. The van der Waals surface area contributed by atoms with Crippen molar-refractivity contribution in [2.45, 2.75) is 33.7 Å². The molecule has 1 N–H and O–H groups in total. The van der Waals surface area contributed by atoms with Crippen LogP contribution in [0.25, 0.3) is 6.08 Å². The standard InChI is InChI=1S/C14H20FN/c1-10(2)16-9-11(3)7-13-5-6-14(15)8-12(13)4/h5-8,10,16H,9H2,1-4H3. The second kappa shape index (κ2) is 5.80. The van der Waals surface area contributed by atoms with Crippen molar-refractivity contribution in [2.75, 3.05) is 6.54 Å². The molecule has 0 spiro atoms. The SMILES string of the molecule is CC(=Cc1ccc(F)cc1C)CNC(C)C. The molecule has 0 amide bonds. The van der Waals surface area contributed by atoms with Gasteiger partial charge in [-0.3, -0.25) is 0 Å². The van der Waals surface area contributed by atoms with Crippen molar-refractivity contribution in [1.82, 2.24) is 5.32 Å². The molecule has 88 valence electrons. The van der Waals surface area contributed by atoms with Crippen LogP contribution in [0.4, 0.5) is 4.39 Å². The van der Waals surface area contributed by atoms with E-state index in [1.165, 1.54) is 11.6 Å². The summed E-state index contributed by atoms with van der Waals surface area (Å²) in [5.41, 5.74) is 3.32. The fourth-order valence-electron chi connectivity index (χ4n) is 1.48.